The van der Waals surface area contributed by atoms with Crippen LogP contribution in [0.25, 0.3) is 0 Å². The van der Waals surface area contributed by atoms with Crippen LogP contribution in [0.1, 0.15) is 16.8 Å². The number of H-pyrrole nitrogens is 1. The Labute approximate surface area is 187 Å². The number of anilines is 4. The molecule has 4 rings (SSSR count). The number of nitrogens with zero attached hydrogens (tertiary/aromatic N) is 4. The highest BCUT2D eigenvalue weighted by Crippen LogP contribution is 2.23. The highest BCUT2D eigenvalue weighted by Gasteiger charge is 2.12. The number of ether oxygens (including phenoxy) is 2. The van der Waals surface area contributed by atoms with Gasteiger partial charge >= 0.3 is 0 Å². The maximum absolute atomic E-state index is 9.54. The predicted octanol–water partition coefficient (Wildman–Crippen LogP) is 3.36. The van der Waals surface area contributed by atoms with Gasteiger partial charge in [0, 0.05) is 30.5 Å². The Balaban J connectivity index is 1.33. The minimum absolute atomic E-state index is 0.443. The van der Waals surface area contributed by atoms with E-state index in [0.717, 1.165) is 43.3 Å². The first-order chi connectivity index (χ1) is 15.6. The van der Waals surface area contributed by atoms with Crippen LogP contribution < -0.4 is 20.3 Å². The smallest absolute Gasteiger partial charge is 0.153 e. The third kappa shape index (κ3) is 5.28. The van der Waals surface area contributed by atoms with Gasteiger partial charge in [-0.15, -0.1) is 0 Å². The van der Waals surface area contributed by atoms with Gasteiger partial charge in [0.25, 0.3) is 0 Å². The van der Waals surface area contributed by atoms with Crippen LogP contribution in [0.4, 0.5) is 23.1 Å². The van der Waals surface area contributed by atoms with Crippen molar-refractivity contribution in [2.75, 3.05) is 55.0 Å². The lowest BCUT2D eigenvalue weighted by Gasteiger charge is -2.28. The summed E-state index contributed by atoms with van der Waals surface area (Å²) in [5.41, 5.74) is 3.47. The fourth-order valence-electron chi connectivity index (χ4n) is 3.53. The molecule has 0 amide bonds. The largest absolute Gasteiger partial charge is 0.492 e. The summed E-state index contributed by atoms with van der Waals surface area (Å²) in [4.78, 5) is 6.85. The van der Waals surface area contributed by atoms with Crippen molar-refractivity contribution < 1.29 is 9.47 Å². The molecule has 0 saturated carbocycles. The number of hydrogen-bond donors (Lipinski definition) is 3. The van der Waals surface area contributed by atoms with Crippen molar-refractivity contribution in [3.05, 3.63) is 53.2 Å². The Morgan fingerprint density at radius 3 is 2.62 bits per heavy atom. The van der Waals surface area contributed by atoms with E-state index in [4.69, 9.17) is 9.47 Å². The average Bonchev–Trinajstić information content (AvgIpc) is 3.22. The van der Waals surface area contributed by atoms with Crippen molar-refractivity contribution in [2.45, 2.75) is 13.8 Å². The number of rotatable bonds is 8. The Hall–Kier alpha value is -3.77. The van der Waals surface area contributed by atoms with Crippen LogP contribution >= 0.6 is 0 Å². The van der Waals surface area contributed by atoms with E-state index in [1.165, 1.54) is 5.69 Å². The molecule has 3 N–H and O–H groups in total. The van der Waals surface area contributed by atoms with E-state index >= 15 is 0 Å². The molecule has 9 nitrogen and oxygen atoms in total. The van der Waals surface area contributed by atoms with Crippen molar-refractivity contribution in [2.24, 2.45) is 0 Å². The van der Waals surface area contributed by atoms with Crippen LogP contribution in [0, 0.1) is 25.2 Å². The summed E-state index contributed by atoms with van der Waals surface area (Å²) < 4.78 is 11.3. The number of aromatic nitrogens is 3. The average molecular weight is 434 g/mol. The number of nitriles is 1. The lowest BCUT2D eigenvalue weighted by molar-refractivity contribution is 0.122. The van der Waals surface area contributed by atoms with Crippen LogP contribution in [0.3, 0.4) is 0 Å². The molecule has 9 heteroatoms. The van der Waals surface area contributed by atoms with Gasteiger partial charge in [0.05, 0.1) is 25.3 Å². The monoisotopic (exact) mass is 433 g/mol. The van der Waals surface area contributed by atoms with E-state index in [1.807, 2.05) is 38.1 Å². The van der Waals surface area contributed by atoms with Gasteiger partial charge in [-0.05, 0) is 49.7 Å². The van der Waals surface area contributed by atoms with Gasteiger partial charge in [-0.1, -0.05) is 0 Å². The molecule has 1 aliphatic rings. The van der Waals surface area contributed by atoms with E-state index < -0.39 is 0 Å². The standard InChI is InChI=1S/C23H27N7O2/c1-16-13-21(26-22-14-17(2)28-29-22)27-23(20(16)15-24)25-7-10-32-19-5-3-18(4-6-19)30-8-11-31-12-9-30/h3-6,13-14H,7-12H2,1-2H3,(H3,25,26,27,28,29). The number of hydrogen-bond acceptors (Lipinski definition) is 8. The molecule has 0 bridgehead atoms. The van der Waals surface area contributed by atoms with Gasteiger partial charge < -0.3 is 25.0 Å². The summed E-state index contributed by atoms with van der Waals surface area (Å²) in [7, 11) is 0. The van der Waals surface area contributed by atoms with Gasteiger partial charge in [-0.3, -0.25) is 5.10 Å². The van der Waals surface area contributed by atoms with Gasteiger partial charge in [-0.25, -0.2) is 4.98 Å². The number of aryl methyl sites for hydroxylation is 2. The number of aromatic amines is 1. The minimum Gasteiger partial charge on any atom is -0.492 e. The molecule has 0 unspecified atom stereocenters. The third-order valence-corrected chi connectivity index (χ3v) is 5.17. The summed E-state index contributed by atoms with van der Waals surface area (Å²) in [6.45, 7) is 8.12. The molecule has 3 aromatic rings. The fraction of sp³-hybridized carbons (Fsp3) is 0.348. The van der Waals surface area contributed by atoms with E-state index in [-0.39, 0.29) is 0 Å². The van der Waals surface area contributed by atoms with Gasteiger partial charge in [0.1, 0.15) is 30.1 Å². The van der Waals surface area contributed by atoms with Crippen molar-refractivity contribution in [3.63, 3.8) is 0 Å². The molecule has 1 aliphatic heterocycles. The van der Waals surface area contributed by atoms with Crippen molar-refractivity contribution >= 4 is 23.1 Å². The molecule has 3 heterocycles. The SMILES string of the molecule is Cc1cc(Nc2cc(C)c(C#N)c(NCCOc3ccc(N4CCOCC4)cc3)n2)n[nH]1. The molecule has 32 heavy (non-hydrogen) atoms. The molecule has 1 aromatic carbocycles. The second kappa shape index (κ2) is 10.0. The molecular weight excluding hydrogens is 406 g/mol. The number of benzene rings is 1. The normalized spacial score (nSPS) is 13.5. The second-order valence-electron chi connectivity index (χ2n) is 7.59. The first kappa shape index (κ1) is 21.5. The molecule has 0 radical (unpaired) electrons. The molecule has 1 saturated heterocycles. The molecule has 2 aromatic heterocycles. The predicted molar refractivity (Wildman–Crippen MR) is 124 cm³/mol. The van der Waals surface area contributed by atoms with Crippen LogP contribution in [-0.4, -0.2) is 54.6 Å². The first-order valence-corrected chi connectivity index (χ1v) is 10.6. The third-order valence-electron chi connectivity index (χ3n) is 5.17. The highest BCUT2D eigenvalue weighted by molar-refractivity contribution is 5.63. The zero-order chi connectivity index (χ0) is 22.3. The molecule has 0 aliphatic carbocycles. The second-order valence-corrected chi connectivity index (χ2v) is 7.59. The number of nitrogens with one attached hydrogen (secondary N) is 3. The van der Waals surface area contributed by atoms with E-state index in [0.29, 0.717) is 36.2 Å². The Morgan fingerprint density at radius 2 is 1.94 bits per heavy atom. The molecule has 0 atom stereocenters. The van der Waals surface area contributed by atoms with E-state index in [9.17, 15) is 5.26 Å². The van der Waals surface area contributed by atoms with E-state index in [1.54, 1.807) is 0 Å². The molecular formula is C23H27N7O2. The first-order valence-electron chi connectivity index (χ1n) is 10.6. The summed E-state index contributed by atoms with van der Waals surface area (Å²) in [6, 6.07) is 14.0. The van der Waals surface area contributed by atoms with Gasteiger partial charge in [0.2, 0.25) is 0 Å². The summed E-state index contributed by atoms with van der Waals surface area (Å²) in [5, 5.41) is 23.0. The van der Waals surface area contributed by atoms with Crippen LogP contribution in [0.15, 0.2) is 36.4 Å². The van der Waals surface area contributed by atoms with Crippen molar-refractivity contribution in [1.29, 1.82) is 5.26 Å². The van der Waals surface area contributed by atoms with Crippen molar-refractivity contribution in [1.82, 2.24) is 15.2 Å². The zero-order valence-electron chi connectivity index (χ0n) is 18.3. The fourth-order valence-corrected chi connectivity index (χ4v) is 3.53. The number of pyridine rings is 1. The highest BCUT2D eigenvalue weighted by atomic mass is 16.5. The number of morpholine rings is 1. The van der Waals surface area contributed by atoms with E-state index in [2.05, 4.69) is 48.9 Å². The summed E-state index contributed by atoms with van der Waals surface area (Å²) >= 11 is 0. The molecule has 0 spiro atoms. The molecule has 166 valence electrons. The minimum atomic E-state index is 0.443. The zero-order valence-corrected chi connectivity index (χ0v) is 18.3. The Bertz CT molecular complexity index is 1080. The molecule has 1 fully saturated rings. The summed E-state index contributed by atoms with van der Waals surface area (Å²) in [5.74, 6) is 2.62. The van der Waals surface area contributed by atoms with Crippen LogP contribution in [-0.2, 0) is 4.74 Å². The van der Waals surface area contributed by atoms with Crippen molar-refractivity contribution in [3.8, 4) is 11.8 Å². The summed E-state index contributed by atoms with van der Waals surface area (Å²) in [6.07, 6.45) is 0. The maximum Gasteiger partial charge on any atom is 0.153 e. The lowest BCUT2D eigenvalue weighted by Crippen LogP contribution is -2.36. The van der Waals surface area contributed by atoms with Crippen LogP contribution in [0.2, 0.25) is 0 Å². The maximum atomic E-state index is 9.54. The van der Waals surface area contributed by atoms with Crippen LogP contribution in [0.5, 0.6) is 5.75 Å². The topological polar surface area (TPSA) is 111 Å². The quantitative estimate of drug-likeness (QED) is 0.464. The van der Waals surface area contributed by atoms with Gasteiger partial charge in [0.15, 0.2) is 5.82 Å². The lowest BCUT2D eigenvalue weighted by atomic mass is 10.1. The Kier molecular flexibility index (Phi) is 6.72. The Morgan fingerprint density at radius 1 is 1.16 bits per heavy atom. The van der Waals surface area contributed by atoms with Gasteiger partial charge in [-0.2, -0.15) is 10.4 Å².